The number of aromatic nitrogens is 2. The molecule has 0 saturated heterocycles. The number of halogens is 1. The normalized spacial score (nSPS) is 19.4. The van der Waals surface area contributed by atoms with E-state index in [2.05, 4.69) is 16.0 Å². The molecule has 0 radical (unpaired) electrons. The van der Waals surface area contributed by atoms with Crippen LogP contribution in [0.25, 0.3) is 11.0 Å². The van der Waals surface area contributed by atoms with E-state index in [1.165, 1.54) is 6.07 Å². The van der Waals surface area contributed by atoms with Gasteiger partial charge < -0.3 is 4.98 Å². The summed E-state index contributed by atoms with van der Waals surface area (Å²) in [6, 6.07) is 5.41. The quantitative estimate of drug-likeness (QED) is 0.686. The molecular formula is C12H10FN3. The maximum Gasteiger partial charge on any atom is 0.214 e. The van der Waals surface area contributed by atoms with E-state index in [4.69, 9.17) is 5.26 Å². The number of aryl methyl sites for hydroxylation is 1. The number of aromatic amines is 1. The lowest BCUT2D eigenvalue weighted by Gasteiger charge is -2.15. The minimum atomic E-state index is -0.470. The number of nitrogens with one attached hydrogen (secondary N) is 1. The molecule has 2 heterocycles. The van der Waals surface area contributed by atoms with Gasteiger partial charge in [-0.1, -0.05) is 0 Å². The van der Waals surface area contributed by atoms with Gasteiger partial charge in [-0.2, -0.15) is 9.65 Å². The number of nitriles is 1. The zero-order chi connectivity index (χ0) is 11.1. The highest BCUT2D eigenvalue weighted by molar-refractivity contribution is 5.81. The van der Waals surface area contributed by atoms with Crippen LogP contribution in [0.2, 0.25) is 0 Å². The maximum absolute atomic E-state index is 13.0. The summed E-state index contributed by atoms with van der Waals surface area (Å²) in [5.74, 6) is -0.389. The lowest BCUT2D eigenvalue weighted by molar-refractivity contribution is 0.562. The molecule has 16 heavy (non-hydrogen) atoms. The van der Waals surface area contributed by atoms with E-state index in [1.807, 2.05) is 0 Å². The highest BCUT2D eigenvalue weighted by atomic mass is 19.1. The summed E-state index contributed by atoms with van der Waals surface area (Å²) in [5, 5.41) is 9.89. The van der Waals surface area contributed by atoms with E-state index < -0.39 is 5.95 Å². The van der Waals surface area contributed by atoms with Gasteiger partial charge in [-0.15, -0.1) is 0 Å². The van der Waals surface area contributed by atoms with Crippen LogP contribution in [0.4, 0.5) is 4.39 Å². The van der Waals surface area contributed by atoms with Crippen molar-refractivity contribution >= 4 is 11.0 Å². The molecule has 0 amide bonds. The number of pyridine rings is 1. The van der Waals surface area contributed by atoms with E-state index in [0.29, 0.717) is 5.65 Å². The van der Waals surface area contributed by atoms with Gasteiger partial charge in [0, 0.05) is 11.1 Å². The number of rotatable bonds is 0. The second kappa shape index (κ2) is 3.31. The lowest BCUT2D eigenvalue weighted by atomic mass is 9.87. The van der Waals surface area contributed by atoms with Crippen LogP contribution >= 0.6 is 0 Å². The number of hydrogen-bond acceptors (Lipinski definition) is 2. The van der Waals surface area contributed by atoms with Gasteiger partial charge in [-0.05, 0) is 37.0 Å². The number of nitrogens with zero attached hydrogens (tertiary/aromatic N) is 2. The third-order valence-electron chi connectivity index (χ3n) is 3.20. The second-order valence-electron chi connectivity index (χ2n) is 4.18. The summed E-state index contributed by atoms with van der Waals surface area (Å²) in [5.41, 5.74) is 2.85. The summed E-state index contributed by atoms with van der Waals surface area (Å²) in [7, 11) is 0. The van der Waals surface area contributed by atoms with Crippen LogP contribution in [0.1, 0.15) is 17.7 Å². The molecule has 0 fully saturated rings. The Labute approximate surface area is 91.9 Å². The van der Waals surface area contributed by atoms with Crippen LogP contribution in [-0.4, -0.2) is 9.97 Å². The number of hydrogen-bond donors (Lipinski definition) is 1. The summed E-state index contributed by atoms with van der Waals surface area (Å²) in [4.78, 5) is 6.97. The topological polar surface area (TPSA) is 52.5 Å². The zero-order valence-electron chi connectivity index (χ0n) is 8.63. The summed E-state index contributed by atoms with van der Waals surface area (Å²) >= 11 is 0. The molecule has 1 unspecified atom stereocenters. The van der Waals surface area contributed by atoms with E-state index in [-0.39, 0.29) is 5.92 Å². The first-order chi connectivity index (χ1) is 7.78. The van der Waals surface area contributed by atoms with Gasteiger partial charge in [-0.25, -0.2) is 4.98 Å². The molecule has 2 aromatic rings. The third-order valence-corrected chi connectivity index (χ3v) is 3.20. The second-order valence-corrected chi connectivity index (χ2v) is 4.18. The molecule has 0 aromatic carbocycles. The molecule has 0 bridgehead atoms. The van der Waals surface area contributed by atoms with E-state index in [9.17, 15) is 4.39 Å². The van der Waals surface area contributed by atoms with Crippen LogP contribution in [0.15, 0.2) is 12.1 Å². The van der Waals surface area contributed by atoms with Crippen molar-refractivity contribution in [1.29, 1.82) is 5.26 Å². The van der Waals surface area contributed by atoms with Crippen molar-refractivity contribution in [3.63, 3.8) is 0 Å². The highest BCUT2D eigenvalue weighted by Crippen LogP contribution is 2.30. The minimum Gasteiger partial charge on any atom is -0.343 e. The smallest absolute Gasteiger partial charge is 0.214 e. The molecule has 0 aliphatic heterocycles. The largest absolute Gasteiger partial charge is 0.343 e. The van der Waals surface area contributed by atoms with Crippen molar-refractivity contribution in [1.82, 2.24) is 9.97 Å². The van der Waals surface area contributed by atoms with Crippen molar-refractivity contribution in [2.45, 2.75) is 19.3 Å². The van der Waals surface area contributed by atoms with Crippen molar-refractivity contribution in [3.05, 3.63) is 29.3 Å². The molecule has 3 nitrogen and oxygen atoms in total. The van der Waals surface area contributed by atoms with Gasteiger partial charge in [-0.3, -0.25) is 0 Å². The van der Waals surface area contributed by atoms with Gasteiger partial charge in [0.1, 0.15) is 5.65 Å². The van der Waals surface area contributed by atoms with E-state index in [1.54, 1.807) is 6.07 Å². The predicted molar refractivity (Wildman–Crippen MR) is 57.2 cm³/mol. The Morgan fingerprint density at radius 3 is 3.19 bits per heavy atom. The molecule has 1 aliphatic rings. The standard InChI is InChI=1S/C12H10FN3/c13-11-4-2-8-9-5-7(6-14)1-3-10(9)15-12(8)16-11/h2,4,7H,1,3,5H2,(H,15,16). The molecule has 3 rings (SSSR count). The molecular weight excluding hydrogens is 205 g/mol. The Morgan fingerprint density at radius 1 is 1.50 bits per heavy atom. The molecule has 2 aromatic heterocycles. The summed E-state index contributed by atoms with van der Waals surface area (Å²) in [6.45, 7) is 0. The molecule has 80 valence electrons. The van der Waals surface area contributed by atoms with Gasteiger partial charge in [0.05, 0.1) is 12.0 Å². The Balaban J connectivity index is 2.18. The predicted octanol–water partition coefficient (Wildman–Crippen LogP) is 2.33. The zero-order valence-corrected chi connectivity index (χ0v) is 8.63. The molecule has 0 spiro atoms. The fraction of sp³-hybridized carbons (Fsp3) is 0.333. The molecule has 1 atom stereocenters. The fourth-order valence-electron chi connectivity index (χ4n) is 2.38. The Bertz CT molecular complexity index is 594. The van der Waals surface area contributed by atoms with E-state index in [0.717, 1.165) is 35.9 Å². The average molecular weight is 215 g/mol. The number of H-pyrrole nitrogens is 1. The van der Waals surface area contributed by atoms with Crippen molar-refractivity contribution in [2.24, 2.45) is 5.92 Å². The van der Waals surface area contributed by atoms with Gasteiger partial charge in [0.15, 0.2) is 0 Å². The SMILES string of the molecule is N#CC1CCc2[nH]c3nc(F)ccc3c2C1. The Morgan fingerprint density at radius 2 is 2.38 bits per heavy atom. The first kappa shape index (κ1) is 9.34. The monoisotopic (exact) mass is 215 g/mol. The third kappa shape index (κ3) is 1.28. The molecule has 0 saturated carbocycles. The van der Waals surface area contributed by atoms with Crippen LogP contribution in [0, 0.1) is 23.2 Å². The van der Waals surface area contributed by atoms with Crippen LogP contribution in [-0.2, 0) is 12.8 Å². The average Bonchev–Trinajstić information content (AvgIpc) is 2.65. The summed E-state index contributed by atoms with van der Waals surface area (Å²) < 4.78 is 13.0. The van der Waals surface area contributed by atoms with Crippen molar-refractivity contribution in [3.8, 4) is 6.07 Å². The van der Waals surface area contributed by atoms with Crippen LogP contribution in [0.5, 0.6) is 0 Å². The maximum atomic E-state index is 13.0. The Kier molecular flexibility index (Phi) is 1.93. The number of fused-ring (bicyclic) bond motifs is 3. The van der Waals surface area contributed by atoms with Gasteiger partial charge in [0.2, 0.25) is 5.95 Å². The molecule has 1 N–H and O–H groups in total. The van der Waals surface area contributed by atoms with Crippen LogP contribution in [0.3, 0.4) is 0 Å². The van der Waals surface area contributed by atoms with Gasteiger partial charge >= 0.3 is 0 Å². The van der Waals surface area contributed by atoms with Crippen LogP contribution < -0.4 is 0 Å². The highest BCUT2D eigenvalue weighted by Gasteiger charge is 2.22. The van der Waals surface area contributed by atoms with Gasteiger partial charge in [0.25, 0.3) is 0 Å². The first-order valence-corrected chi connectivity index (χ1v) is 5.33. The van der Waals surface area contributed by atoms with Crippen molar-refractivity contribution in [2.75, 3.05) is 0 Å². The minimum absolute atomic E-state index is 0.0801. The van der Waals surface area contributed by atoms with E-state index >= 15 is 0 Å². The van der Waals surface area contributed by atoms with Crippen molar-refractivity contribution < 1.29 is 4.39 Å². The Hall–Kier alpha value is -1.89. The molecule has 4 heteroatoms. The fourth-order valence-corrected chi connectivity index (χ4v) is 2.38. The summed E-state index contributed by atoms with van der Waals surface area (Å²) in [6.07, 6.45) is 2.48. The lowest BCUT2D eigenvalue weighted by Crippen LogP contribution is -2.11. The molecule has 1 aliphatic carbocycles. The first-order valence-electron chi connectivity index (χ1n) is 5.33.